The molecule has 0 unspecified atom stereocenters. The van der Waals surface area contributed by atoms with Gasteiger partial charge >= 0.3 is 0 Å². The number of benzene rings is 1. The van der Waals surface area contributed by atoms with E-state index in [0.29, 0.717) is 5.13 Å². The number of amides is 1. The molecule has 2 rings (SSSR count). The molecule has 2 aromatic rings. The predicted octanol–water partition coefficient (Wildman–Crippen LogP) is 3.38. The van der Waals surface area contributed by atoms with Crippen LogP contribution in [0.4, 0.5) is 10.8 Å². The maximum absolute atomic E-state index is 11.9. The molecule has 1 aromatic heterocycles. The van der Waals surface area contributed by atoms with Gasteiger partial charge in [0, 0.05) is 22.0 Å². The Balaban J connectivity index is 2.23. The molecule has 5 heteroatoms. The first-order chi connectivity index (χ1) is 8.86. The second-order valence-corrected chi connectivity index (χ2v) is 6.25. The van der Waals surface area contributed by atoms with Crippen molar-refractivity contribution in [2.24, 2.45) is 5.41 Å². The van der Waals surface area contributed by atoms with Crippen molar-refractivity contribution in [2.75, 3.05) is 11.1 Å². The maximum Gasteiger partial charge on any atom is 0.229 e. The fourth-order valence-corrected chi connectivity index (χ4v) is 2.07. The lowest BCUT2D eigenvalue weighted by atomic mass is 9.95. The zero-order valence-corrected chi connectivity index (χ0v) is 12.0. The van der Waals surface area contributed by atoms with E-state index in [9.17, 15) is 4.79 Å². The van der Waals surface area contributed by atoms with Crippen LogP contribution in [0.5, 0.6) is 0 Å². The van der Waals surface area contributed by atoms with Crippen LogP contribution in [0, 0.1) is 5.41 Å². The maximum atomic E-state index is 11.9. The van der Waals surface area contributed by atoms with E-state index in [1.165, 1.54) is 11.3 Å². The first kappa shape index (κ1) is 13.5. The number of nitrogens with zero attached hydrogens (tertiary/aromatic N) is 1. The Morgan fingerprint density at radius 3 is 2.68 bits per heavy atom. The molecular formula is C14H17N3OS. The van der Waals surface area contributed by atoms with Gasteiger partial charge in [0.15, 0.2) is 5.13 Å². The number of carbonyl (C=O) groups is 1. The second kappa shape index (κ2) is 5.01. The highest BCUT2D eigenvalue weighted by Gasteiger charge is 2.21. The smallest absolute Gasteiger partial charge is 0.229 e. The summed E-state index contributed by atoms with van der Waals surface area (Å²) in [5.74, 6) is -0.0116. The number of anilines is 2. The van der Waals surface area contributed by atoms with Gasteiger partial charge in [0.1, 0.15) is 0 Å². The van der Waals surface area contributed by atoms with E-state index in [0.717, 1.165) is 16.9 Å². The molecule has 0 aliphatic heterocycles. The Morgan fingerprint density at radius 1 is 1.37 bits per heavy atom. The lowest BCUT2D eigenvalue weighted by molar-refractivity contribution is -0.123. The van der Waals surface area contributed by atoms with Crippen LogP contribution >= 0.6 is 11.3 Å². The van der Waals surface area contributed by atoms with Crippen LogP contribution in [0.1, 0.15) is 20.8 Å². The lowest BCUT2D eigenvalue weighted by Crippen LogP contribution is -2.27. The Morgan fingerprint density at radius 2 is 2.11 bits per heavy atom. The Bertz CT molecular complexity index is 599. The highest BCUT2D eigenvalue weighted by molar-refractivity contribution is 7.13. The summed E-state index contributed by atoms with van der Waals surface area (Å²) in [5.41, 5.74) is 7.75. The van der Waals surface area contributed by atoms with Crippen molar-refractivity contribution in [3.8, 4) is 11.3 Å². The van der Waals surface area contributed by atoms with Crippen molar-refractivity contribution in [3.63, 3.8) is 0 Å². The number of nitrogen functional groups attached to an aromatic ring is 1. The van der Waals surface area contributed by atoms with E-state index < -0.39 is 5.41 Å². The summed E-state index contributed by atoms with van der Waals surface area (Å²) in [6.07, 6.45) is 0. The number of nitrogens with two attached hydrogens (primary N) is 1. The Labute approximate surface area is 116 Å². The minimum Gasteiger partial charge on any atom is -0.375 e. The summed E-state index contributed by atoms with van der Waals surface area (Å²) in [7, 11) is 0. The van der Waals surface area contributed by atoms with Gasteiger partial charge in [-0.05, 0) is 12.1 Å². The molecule has 1 heterocycles. The van der Waals surface area contributed by atoms with Crippen molar-refractivity contribution in [2.45, 2.75) is 20.8 Å². The third-order valence-electron chi connectivity index (χ3n) is 2.62. The average molecular weight is 275 g/mol. The normalized spacial score (nSPS) is 11.3. The molecule has 0 saturated heterocycles. The number of rotatable bonds is 2. The minimum absolute atomic E-state index is 0.0116. The molecule has 4 nitrogen and oxygen atoms in total. The highest BCUT2D eigenvalue weighted by Crippen LogP contribution is 2.26. The van der Waals surface area contributed by atoms with Gasteiger partial charge in [-0.15, -0.1) is 11.3 Å². The van der Waals surface area contributed by atoms with Crippen molar-refractivity contribution in [3.05, 3.63) is 29.6 Å². The molecule has 1 amide bonds. The standard InChI is InChI=1S/C14H17N3OS/c1-14(2,3)12(18)16-10-6-4-5-9(7-10)11-8-19-13(15)17-11/h4-8H,1-3H3,(H2,15,17)(H,16,18). The quantitative estimate of drug-likeness (QED) is 0.883. The van der Waals surface area contributed by atoms with Gasteiger partial charge in [-0.25, -0.2) is 4.98 Å². The summed E-state index contributed by atoms with van der Waals surface area (Å²) in [4.78, 5) is 16.2. The monoisotopic (exact) mass is 275 g/mol. The molecule has 100 valence electrons. The molecule has 0 saturated carbocycles. The fraction of sp³-hybridized carbons (Fsp3) is 0.286. The van der Waals surface area contributed by atoms with Crippen LogP contribution in [0.2, 0.25) is 0 Å². The molecule has 3 N–H and O–H groups in total. The highest BCUT2D eigenvalue weighted by atomic mass is 32.1. The largest absolute Gasteiger partial charge is 0.375 e. The van der Waals surface area contributed by atoms with E-state index in [-0.39, 0.29) is 5.91 Å². The third-order valence-corrected chi connectivity index (χ3v) is 3.29. The summed E-state index contributed by atoms with van der Waals surface area (Å²) in [5, 5.41) is 5.35. The van der Waals surface area contributed by atoms with E-state index >= 15 is 0 Å². The second-order valence-electron chi connectivity index (χ2n) is 5.36. The molecule has 0 spiro atoms. The van der Waals surface area contributed by atoms with Crippen molar-refractivity contribution in [1.82, 2.24) is 4.98 Å². The van der Waals surface area contributed by atoms with E-state index in [4.69, 9.17) is 5.73 Å². The SMILES string of the molecule is CC(C)(C)C(=O)Nc1cccc(-c2csc(N)n2)c1. The summed E-state index contributed by atoms with van der Waals surface area (Å²) < 4.78 is 0. The molecule has 0 aliphatic carbocycles. The van der Waals surface area contributed by atoms with Gasteiger partial charge < -0.3 is 11.1 Å². The minimum atomic E-state index is -0.416. The van der Waals surface area contributed by atoms with E-state index in [1.807, 2.05) is 50.4 Å². The third kappa shape index (κ3) is 3.32. The molecule has 0 aliphatic rings. The van der Waals surface area contributed by atoms with Crippen LogP contribution in [0.15, 0.2) is 29.6 Å². The summed E-state index contributed by atoms with van der Waals surface area (Å²) in [6.45, 7) is 5.65. The number of aromatic nitrogens is 1. The van der Waals surface area contributed by atoms with Crippen molar-refractivity contribution < 1.29 is 4.79 Å². The van der Waals surface area contributed by atoms with Gasteiger partial charge in [0.25, 0.3) is 0 Å². The van der Waals surface area contributed by atoms with Gasteiger partial charge in [-0.1, -0.05) is 32.9 Å². The van der Waals surface area contributed by atoms with Crippen molar-refractivity contribution >= 4 is 28.1 Å². The van der Waals surface area contributed by atoms with Crippen LogP contribution in [0.25, 0.3) is 11.3 Å². The molecule has 0 bridgehead atoms. The first-order valence-corrected chi connectivity index (χ1v) is 6.87. The number of nitrogens with one attached hydrogen (secondary N) is 1. The lowest BCUT2D eigenvalue weighted by Gasteiger charge is -2.17. The Hall–Kier alpha value is -1.88. The zero-order chi connectivity index (χ0) is 14.0. The van der Waals surface area contributed by atoms with E-state index in [2.05, 4.69) is 10.3 Å². The molecule has 0 radical (unpaired) electrons. The van der Waals surface area contributed by atoms with Crippen LogP contribution < -0.4 is 11.1 Å². The average Bonchev–Trinajstić information content (AvgIpc) is 2.75. The molecule has 1 aromatic carbocycles. The number of hydrogen-bond donors (Lipinski definition) is 2. The molecule has 0 atom stereocenters. The van der Waals surface area contributed by atoms with Crippen LogP contribution in [-0.4, -0.2) is 10.9 Å². The summed E-state index contributed by atoms with van der Waals surface area (Å²) in [6, 6.07) is 7.60. The Kier molecular flexibility index (Phi) is 3.57. The van der Waals surface area contributed by atoms with Gasteiger partial charge in [0.2, 0.25) is 5.91 Å². The molecule has 0 fully saturated rings. The number of hydrogen-bond acceptors (Lipinski definition) is 4. The number of carbonyl (C=O) groups excluding carboxylic acids is 1. The van der Waals surface area contributed by atoms with Crippen LogP contribution in [-0.2, 0) is 4.79 Å². The number of thiazole rings is 1. The van der Waals surface area contributed by atoms with Crippen LogP contribution in [0.3, 0.4) is 0 Å². The van der Waals surface area contributed by atoms with Gasteiger partial charge in [-0.3, -0.25) is 4.79 Å². The zero-order valence-electron chi connectivity index (χ0n) is 11.2. The molecular weight excluding hydrogens is 258 g/mol. The predicted molar refractivity (Wildman–Crippen MR) is 80.0 cm³/mol. The topological polar surface area (TPSA) is 68.0 Å². The van der Waals surface area contributed by atoms with Gasteiger partial charge in [-0.2, -0.15) is 0 Å². The van der Waals surface area contributed by atoms with Gasteiger partial charge in [0.05, 0.1) is 5.69 Å². The fourth-order valence-electron chi connectivity index (χ4n) is 1.50. The summed E-state index contributed by atoms with van der Waals surface area (Å²) >= 11 is 1.40. The first-order valence-electron chi connectivity index (χ1n) is 5.99. The van der Waals surface area contributed by atoms with E-state index in [1.54, 1.807) is 0 Å². The molecule has 19 heavy (non-hydrogen) atoms. The van der Waals surface area contributed by atoms with Crippen molar-refractivity contribution in [1.29, 1.82) is 0 Å².